The second kappa shape index (κ2) is 8.52. The number of likely N-dealkylation sites (tertiary alicyclic amines) is 1. The van der Waals surface area contributed by atoms with Crippen LogP contribution in [0.2, 0.25) is 0 Å². The molecule has 0 saturated carbocycles. The number of nitrogens with zero attached hydrogens (tertiary/aromatic N) is 2. The van der Waals surface area contributed by atoms with Gasteiger partial charge in [0.15, 0.2) is 0 Å². The molecule has 10 heteroatoms. The van der Waals surface area contributed by atoms with Crippen LogP contribution in [0.5, 0.6) is 0 Å². The number of ether oxygens (including phenoxy) is 1. The number of carbonyl (C=O) groups excluding carboxylic acids is 3. The Balaban J connectivity index is 1.43. The average Bonchev–Trinajstić information content (AvgIpc) is 3.04. The summed E-state index contributed by atoms with van der Waals surface area (Å²) in [6.07, 6.45) is 4.82. The van der Waals surface area contributed by atoms with Crippen LogP contribution in [-0.2, 0) is 29.1 Å². The van der Waals surface area contributed by atoms with Gasteiger partial charge in [0.2, 0.25) is 27.7 Å². The molecule has 2 heterocycles. The molecule has 2 saturated heterocycles. The number of amides is 3. The summed E-state index contributed by atoms with van der Waals surface area (Å²) >= 11 is 0. The minimum Gasteiger partial charge on any atom is -0.379 e. The molecule has 0 bridgehead atoms. The van der Waals surface area contributed by atoms with E-state index in [1.54, 1.807) is 0 Å². The molecule has 1 aromatic rings. The zero-order valence-corrected chi connectivity index (χ0v) is 18.0. The predicted molar refractivity (Wildman–Crippen MR) is 111 cm³/mol. The second-order valence-corrected chi connectivity index (χ2v) is 9.85. The molecular formula is C21H25N3O6S. The van der Waals surface area contributed by atoms with Crippen molar-refractivity contribution in [3.8, 4) is 0 Å². The van der Waals surface area contributed by atoms with Crippen molar-refractivity contribution in [3.05, 3.63) is 36.4 Å². The number of rotatable bonds is 5. The van der Waals surface area contributed by atoms with E-state index in [0.29, 0.717) is 44.8 Å². The first-order valence-corrected chi connectivity index (χ1v) is 11.8. The fraction of sp³-hybridized carbons (Fsp3) is 0.476. The molecule has 4 rings (SSSR count). The number of hydrogen-bond donors (Lipinski definition) is 1. The number of sulfonamides is 1. The van der Waals surface area contributed by atoms with Crippen molar-refractivity contribution in [2.75, 3.05) is 31.6 Å². The van der Waals surface area contributed by atoms with Gasteiger partial charge in [-0.25, -0.2) is 8.42 Å². The lowest BCUT2D eigenvalue weighted by Gasteiger charge is -2.26. The molecule has 0 unspecified atom stereocenters. The molecule has 3 aliphatic rings. The fourth-order valence-electron chi connectivity index (χ4n) is 4.22. The fourth-order valence-corrected chi connectivity index (χ4v) is 5.63. The van der Waals surface area contributed by atoms with Crippen LogP contribution < -0.4 is 5.32 Å². The highest BCUT2D eigenvalue weighted by molar-refractivity contribution is 7.89. The number of imide groups is 1. The molecule has 2 aliphatic heterocycles. The molecule has 0 spiro atoms. The predicted octanol–water partition coefficient (Wildman–Crippen LogP) is 0.986. The van der Waals surface area contributed by atoms with Crippen molar-refractivity contribution in [1.82, 2.24) is 9.21 Å². The molecule has 9 nitrogen and oxygen atoms in total. The number of allylic oxidation sites excluding steroid dienone is 2. The number of anilines is 1. The Hall–Kier alpha value is -2.56. The van der Waals surface area contributed by atoms with Crippen LogP contribution in [0.3, 0.4) is 0 Å². The standard InChI is InChI=1S/C21H25N3O6S/c1-14(24-20(26)17-4-2-3-5-18(17)21(24)27)19(25)22-15-6-8-16(9-7-15)31(28,29)23-10-12-30-13-11-23/h2-3,6-9,14,17-18H,4-5,10-13H2,1H3,(H,22,25)/t14-,17+,18+/m0/s1. The summed E-state index contributed by atoms with van der Waals surface area (Å²) in [4.78, 5) is 39.2. The third-order valence-corrected chi connectivity index (χ3v) is 7.95. The van der Waals surface area contributed by atoms with Crippen LogP contribution in [0.1, 0.15) is 19.8 Å². The van der Waals surface area contributed by atoms with Gasteiger partial charge >= 0.3 is 0 Å². The van der Waals surface area contributed by atoms with Crippen LogP contribution in [-0.4, -0.2) is 67.7 Å². The Morgan fingerprint density at radius 3 is 2.13 bits per heavy atom. The summed E-state index contributed by atoms with van der Waals surface area (Å²) in [5.41, 5.74) is 0.385. The summed E-state index contributed by atoms with van der Waals surface area (Å²) in [6.45, 7) is 2.84. The van der Waals surface area contributed by atoms with Crippen molar-refractivity contribution in [2.45, 2.75) is 30.7 Å². The average molecular weight is 448 g/mol. The van der Waals surface area contributed by atoms with E-state index in [1.165, 1.54) is 35.5 Å². The molecular weight excluding hydrogens is 422 g/mol. The van der Waals surface area contributed by atoms with Gasteiger partial charge in [0.05, 0.1) is 29.9 Å². The number of morpholine rings is 1. The highest BCUT2D eigenvalue weighted by Crippen LogP contribution is 2.36. The van der Waals surface area contributed by atoms with Gasteiger partial charge in [-0.15, -0.1) is 0 Å². The van der Waals surface area contributed by atoms with E-state index in [4.69, 9.17) is 4.74 Å². The van der Waals surface area contributed by atoms with E-state index < -0.39 is 33.8 Å². The third-order valence-electron chi connectivity index (χ3n) is 6.04. The van der Waals surface area contributed by atoms with E-state index in [-0.39, 0.29) is 16.7 Å². The molecule has 3 amide bonds. The van der Waals surface area contributed by atoms with Gasteiger partial charge in [-0.3, -0.25) is 19.3 Å². The van der Waals surface area contributed by atoms with E-state index in [2.05, 4.69) is 5.32 Å². The molecule has 1 aliphatic carbocycles. The Labute approximate surface area is 181 Å². The number of benzene rings is 1. The summed E-state index contributed by atoms with van der Waals surface area (Å²) in [5, 5.41) is 2.67. The smallest absolute Gasteiger partial charge is 0.247 e. The van der Waals surface area contributed by atoms with E-state index >= 15 is 0 Å². The highest BCUT2D eigenvalue weighted by atomic mass is 32.2. The summed E-state index contributed by atoms with van der Waals surface area (Å²) in [7, 11) is -3.63. The summed E-state index contributed by atoms with van der Waals surface area (Å²) in [6, 6.07) is 4.89. The highest BCUT2D eigenvalue weighted by Gasteiger charge is 2.50. The Bertz CT molecular complexity index is 988. The molecule has 1 aromatic carbocycles. The van der Waals surface area contributed by atoms with Gasteiger partial charge < -0.3 is 10.1 Å². The molecule has 0 aromatic heterocycles. The maximum Gasteiger partial charge on any atom is 0.247 e. The first-order valence-electron chi connectivity index (χ1n) is 10.3. The molecule has 166 valence electrons. The largest absolute Gasteiger partial charge is 0.379 e. The number of hydrogen-bond acceptors (Lipinski definition) is 6. The quantitative estimate of drug-likeness (QED) is 0.532. The van der Waals surface area contributed by atoms with E-state index in [0.717, 1.165) is 4.90 Å². The lowest BCUT2D eigenvalue weighted by atomic mass is 9.85. The maximum absolute atomic E-state index is 12.7. The lowest BCUT2D eigenvalue weighted by molar-refractivity contribution is -0.146. The molecule has 3 atom stereocenters. The zero-order valence-electron chi connectivity index (χ0n) is 17.2. The molecule has 1 N–H and O–H groups in total. The van der Waals surface area contributed by atoms with Crippen molar-refractivity contribution in [2.24, 2.45) is 11.8 Å². The van der Waals surface area contributed by atoms with Crippen LogP contribution in [0.4, 0.5) is 5.69 Å². The maximum atomic E-state index is 12.7. The van der Waals surface area contributed by atoms with Gasteiger partial charge in [0, 0.05) is 18.8 Å². The van der Waals surface area contributed by atoms with E-state index in [9.17, 15) is 22.8 Å². The van der Waals surface area contributed by atoms with Gasteiger partial charge in [-0.05, 0) is 44.0 Å². The Kier molecular flexibility index (Phi) is 5.96. The van der Waals surface area contributed by atoms with Gasteiger partial charge in [-0.2, -0.15) is 4.31 Å². The van der Waals surface area contributed by atoms with E-state index in [1.807, 2.05) is 12.2 Å². The van der Waals surface area contributed by atoms with Crippen LogP contribution in [0.25, 0.3) is 0 Å². The van der Waals surface area contributed by atoms with Gasteiger partial charge in [-0.1, -0.05) is 12.2 Å². The van der Waals surface area contributed by atoms with Gasteiger partial charge in [0.25, 0.3) is 0 Å². The molecule has 2 fully saturated rings. The van der Waals surface area contributed by atoms with Crippen molar-refractivity contribution in [1.29, 1.82) is 0 Å². The second-order valence-electron chi connectivity index (χ2n) is 7.91. The summed E-state index contributed by atoms with van der Waals surface area (Å²) < 4.78 is 32.0. The van der Waals surface area contributed by atoms with Crippen molar-refractivity contribution >= 4 is 33.4 Å². The monoisotopic (exact) mass is 447 g/mol. The number of carbonyl (C=O) groups is 3. The SMILES string of the molecule is C[C@@H](C(=O)Nc1ccc(S(=O)(=O)N2CCOCC2)cc1)N1C(=O)[C@@H]2CC=CC[C@H]2C1=O. The van der Waals surface area contributed by atoms with Crippen LogP contribution in [0.15, 0.2) is 41.3 Å². The lowest BCUT2D eigenvalue weighted by Crippen LogP contribution is -2.46. The van der Waals surface area contributed by atoms with Crippen molar-refractivity contribution < 1.29 is 27.5 Å². The van der Waals surface area contributed by atoms with Crippen LogP contribution >= 0.6 is 0 Å². The topological polar surface area (TPSA) is 113 Å². The number of fused-ring (bicyclic) bond motifs is 1. The molecule has 0 radical (unpaired) electrons. The first kappa shape index (κ1) is 21.7. The van der Waals surface area contributed by atoms with Crippen molar-refractivity contribution in [3.63, 3.8) is 0 Å². The Morgan fingerprint density at radius 2 is 1.58 bits per heavy atom. The zero-order chi connectivity index (χ0) is 22.2. The first-order chi connectivity index (χ1) is 14.8. The molecule has 31 heavy (non-hydrogen) atoms. The summed E-state index contributed by atoms with van der Waals surface area (Å²) in [5.74, 6) is -1.91. The minimum atomic E-state index is -3.63. The minimum absolute atomic E-state index is 0.127. The Morgan fingerprint density at radius 1 is 1.03 bits per heavy atom. The van der Waals surface area contributed by atoms with Gasteiger partial charge in [0.1, 0.15) is 6.04 Å². The third kappa shape index (κ3) is 4.02. The van der Waals surface area contributed by atoms with Crippen LogP contribution in [0, 0.1) is 11.8 Å². The normalized spacial score (nSPS) is 25.4. The number of nitrogens with one attached hydrogen (secondary N) is 1.